The van der Waals surface area contributed by atoms with Crippen LogP contribution in [0.4, 0.5) is 0 Å². The van der Waals surface area contributed by atoms with Gasteiger partial charge in [0.05, 0.1) is 29.7 Å². The molecule has 1 unspecified atom stereocenters. The topological polar surface area (TPSA) is 84.9 Å². The molecule has 3 aliphatic rings. The maximum atomic E-state index is 13.7. The number of benzene rings is 3. The zero-order chi connectivity index (χ0) is 28.9. The van der Waals surface area contributed by atoms with Gasteiger partial charge < -0.3 is 19.9 Å². The molecule has 216 valence electrons. The van der Waals surface area contributed by atoms with Crippen molar-refractivity contribution in [2.24, 2.45) is 11.3 Å². The first-order valence-electron chi connectivity index (χ1n) is 14.8. The number of nitrogens with one attached hydrogen (secondary N) is 1. The molecule has 2 bridgehead atoms. The highest BCUT2D eigenvalue weighted by molar-refractivity contribution is 5.90. The number of carbonyl (C=O) groups excluding carboxylic acids is 2. The third kappa shape index (κ3) is 7.17. The molecule has 1 amide bonds. The second kappa shape index (κ2) is 12.5. The van der Waals surface area contributed by atoms with E-state index in [-0.39, 0.29) is 12.5 Å². The lowest BCUT2D eigenvalue weighted by Gasteiger charge is -2.46. The molecule has 0 radical (unpaired) electrons. The van der Waals surface area contributed by atoms with Gasteiger partial charge in [0.1, 0.15) is 12.4 Å². The third-order valence-electron chi connectivity index (χ3n) is 8.91. The van der Waals surface area contributed by atoms with Crippen LogP contribution in [-0.2, 0) is 9.53 Å². The van der Waals surface area contributed by atoms with Crippen LogP contribution in [0.25, 0.3) is 0 Å². The minimum atomic E-state index is -1.25. The SMILES string of the molecule is CC(C)(O)C(NC(=O)[C@@H](COC(=O)c1ccccc1)c1ccccc1)c1ccc(OCC23CCC(CC2)CC3)cc1. The molecule has 6 nitrogen and oxygen atoms in total. The number of esters is 1. The minimum absolute atomic E-state index is 0.128. The van der Waals surface area contributed by atoms with Crippen molar-refractivity contribution in [3.8, 4) is 5.75 Å². The summed E-state index contributed by atoms with van der Waals surface area (Å²) in [5, 5.41) is 14.1. The van der Waals surface area contributed by atoms with Gasteiger partial charge in [0.15, 0.2) is 0 Å². The van der Waals surface area contributed by atoms with E-state index in [4.69, 9.17) is 9.47 Å². The van der Waals surface area contributed by atoms with E-state index < -0.39 is 23.5 Å². The molecule has 3 aliphatic carbocycles. The minimum Gasteiger partial charge on any atom is -0.493 e. The van der Waals surface area contributed by atoms with E-state index in [1.54, 1.807) is 38.1 Å². The van der Waals surface area contributed by atoms with Gasteiger partial charge in [-0.2, -0.15) is 0 Å². The number of hydrogen-bond acceptors (Lipinski definition) is 5. The van der Waals surface area contributed by atoms with Gasteiger partial charge in [-0.15, -0.1) is 0 Å². The summed E-state index contributed by atoms with van der Waals surface area (Å²) in [6, 6.07) is 24.9. The fourth-order valence-corrected chi connectivity index (χ4v) is 6.28. The van der Waals surface area contributed by atoms with Gasteiger partial charge in [0.25, 0.3) is 0 Å². The zero-order valence-corrected chi connectivity index (χ0v) is 24.1. The van der Waals surface area contributed by atoms with Crippen molar-refractivity contribution in [1.82, 2.24) is 5.32 Å². The van der Waals surface area contributed by atoms with Crippen LogP contribution in [0.15, 0.2) is 84.9 Å². The van der Waals surface area contributed by atoms with Gasteiger partial charge in [-0.1, -0.05) is 60.7 Å². The van der Waals surface area contributed by atoms with E-state index in [0.29, 0.717) is 11.0 Å². The van der Waals surface area contributed by atoms with Crippen molar-refractivity contribution < 1.29 is 24.2 Å². The van der Waals surface area contributed by atoms with Gasteiger partial charge in [-0.25, -0.2) is 4.79 Å². The standard InChI is InChI=1S/C35H41NO5/c1-34(2,39)31(27-13-15-29(16-14-27)41-24-35-20-17-25(18-21-35)19-22-35)36-32(37)30(26-9-5-3-6-10-26)23-40-33(38)28-11-7-4-8-12-28/h3-16,25,30-31,39H,17-24H2,1-2H3,(H,36,37)/t25?,30-,31?,35?/m0/s1. The predicted molar refractivity (Wildman–Crippen MR) is 159 cm³/mol. The quantitative estimate of drug-likeness (QED) is 0.260. The van der Waals surface area contributed by atoms with Crippen LogP contribution in [0.3, 0.4) is 0 Å². The van der Waals surface area contributed by atoms with Gasteiger partial charge in [-0.05, 0) is 93.7 Å². The summed E-state index contributed by atoms with van der Waals surface area (Å²) in [6.07, 6.45) is 7.74. The van der Waals surface area contributed by atoms with E-state index in [1.807, 2.05) is 60.7 Å². The first-order chi connectivity index (χ1) is 19.7. The molecule has 0 saturated heterocycles. The van der Waals surface area contributed by atoms with Gasteiger partial charge in [0.2, 0.25) is 5.91 Å². The van der Waals surface area contributed by atoms with Crippen molar-refractivity contribution in [3.63, 3.8) is 0 Å². The molecule has 3 fully saturated rings. The summed E-state index contributed by atoms with van der Waals surface area (Å²) in [6.45, 7) is 3.96. The summed E-state index contributed by atoms with van der Waals surface area (Å²) < 4.78 is 11.8. The highest BCUT2D eigenvalue weighted by atomic mass is 16.5. The Balaban J connectivity index is 1.27. The molecule has 3 saturated carbocycles. The van der Waals surface area contributed by atoms with E-state index in [1.165, 1.54) is 38.5 Å². The fourth-order valence-electron chi connectivity index (χ4n) is 6.28. The monoisotopic (exact) mass is 555 g/mol. The lowest BCUT2D eigenvalue weighted by Crippen LogP contribution is -2.44. The molecule has 0 aliphatic heterocycles. The van der Waals surface area contributed by atoms with Gasteiger partial charge in [0, 0.05) is 5.41 Å². The highest BCUT2D eigenvalue weighted by Crippen LogP contribution is 2.50. The molecule has 6 rings (SSSR count). The highest BCUT2D eigenvalue weighted by Gasteiger charge is 2.41. The number of amides is 1. The van der Waals surface area contributed by atoms with Gasteiger partial charge >= 0.3 is 5.97 Å². The molecule has 2 N–H and O–H groups in total. The second-order valence-electron chi connectivity index (χ2n) is 12.4. The lowest BCUT2D eigenvalue weighted by molar-refractivity contribution is -0.126. The Hall–Kier alpha value is -3.64. The van der Waals surface area contributed by atoms with Crippen molar-refractivity contribution in [1.29, 1.82) is 0 Å². The Morgan fingerprint density at radius 2 is 1.46 bits per heavy atom. The summed E-state index contributed by atoms with van der Waals surface area (Å²) in [5.41, 5.74) is 0.975. The van der Waals surface area contributed by atoms with Crippen LogP contribution in [-0.4, -0.2) is 35.8 Å². The Bertz CT molecular complexity index is 1280. The smallest absolute Gasteiger partial charge is 0.338 e. The number of ether oxygens (including phenoxy) is 2. The first-order valence-corrected chi connectivity index (χ1v) is 14.8. The van der Waals surface area contributed by atoms with E-state index in [2.05, 4.69) is 5.32 Å². The Kier molecular flexibility index (Phi) is 8.79. The summed E-state index contributed by atoms with van der Waals surface area (Å²) in [5.74, 6) is 0.140. The van der Waals surface area contributed by atoms with E-state index in [9.17, 15) is 14.7 Å². The van der Waals surface area contributed by atoms with Crippen LogP contribution in [0.5, 0.6) is 5.75 Å². The van der Waals surface area contributed by atoms with Crippen LogP contribution in [0.2, 0.25) is 0 Å². The summed E-state index contributed by atoms with van der Waals surface area (Å²) in [4.78, 5) is 26.3. The fraction of sp³-hybridized carbons (Fsp3) is 0.429. The summed E-state index contributed by atoms with van der Waals surface area (Å²) in [7, 11) is 0. The Morgan fingerprint density at radius 3 is 2.05 bits per heavy atom. The lowest BCUT2D eigenvalue weighted by atomic mass is 9.61. The van der Waals surface area contributed by atoms with Crippen molar-refractivity contribution in [3.05, 3.63) is 102 Å². The first kappa shape index (κ1) is 28.9. The zero-order valence-electron chi connectivity index (χ0n) is 24.1. The number of hydrogen-bond donors (Lipinski definition) is 2. The molecule has 0 heterocycles. The van der Waals surface area contributed by atoms with Crippen LogP contribution in [0, 0.1) is 11.3 Å². The third-order valence-corrected chi connectivity index (χ3v) is 8.91. The van der Waals surface area contributed by atoms with Crippen molar-refractivity contribution in [2.45, 2.75) is 69.9 Å². The predicted octanol–water partition coefficient (Wildman–Crippen LogP) is 6.60. The van der Waals surface area contributed by atoms with E-state index >= 15 is 0 Å². The molecule has 0 aromatic heterocycles. The average Bonchev–Trinajstić information content (AvgIpc) is 3.00. The Labute approximate surface area is 243 Å². The van der Waals surface area contributed by atoms with Crippen LogP contribution >= 0.6 is 0 Å². The molecule has 3 aromatic rings. The van der Waals surface area contributed by atoms with Crippen molar-refractivity contribution >= 4 is 11.9 Å². The molecule has 3 aromatic carbocycles. The second-order valence-corrected chi connectivity index (χ2v) is 12.4. The molecular weight excluding hydrogens is 514 g/mol. The summed E-state index contributed by atoms with van der Waals surface area (Å²) >= 11 is 0. The normalized spacial score (nSPS) is 21.5. The maximum Gasteiger partial charge on any atom is 0.338 e. The average molecular weight is 556 g/mol. The number of rotatable bonds is 11. The molecule has 41 heavy (non-hydrogen) atoms. The van der Waals surface area contributed by atoms with Crippen LogP contribution < -0.4 is 10.1 Å². The van der Waals surface area contributed by atoms with Crippen molar-refractivity contribution in [2.75, 3.05) is 13.2 Å². The Morgan fingerprint density at radius 1 is 0.878 bits per heavy atom. The molecule has 0 spiro atoms. The van der Waals surface area contributed by atoms with Gasteiger partial charge in [-0.3, -0.25) is 4.79 Å². The van der Waals surface area contributed by atoms with Crippen LogP contribution in [0.1, 0.15) is 85.8 Å². The number of carbonyl (C=O) groups is 2. The molecule has 2 atom stereocenters. The molecular formula is C35H41NO5. The number of aliphatic hydroxyl groups is 1. The largest absolute Gasteiger partial charge is 0.493 e. The maximum absolute atomic E-state index is 13.7. The number of fused-ring (bicyclic) bond motifs is 3. The van der Waals surface area contributed by atoms with E-state index in [0.717, 1.165) is 29.4 Å². The molecule has 6 heteroatoms.